The monoisotopic (exact) mass is 246 g/mol. The summed E-state index contributed by atoms with van der Waals surface area (Å²) >= 11 is 0. The van der Waals surface area contributed by atoms with Crippen LogP contribution in [0.2, 0.25) is 0 Å². The van der Waals surface area contributed by atoms with Crippen molar-refractivity contribution < 1.29 is 14.4 Å². The summed E-state index contributed by atoms with van der Waals surface area (Å²) in [5, 5.41) is 13.4. The molecule has 94 valence electrons. The number of nitrogens with zero attached hydrogens (tertiary/aromatic N) is 2. The average Bonchev–Trinajstić information content (AvgIpc) is 2.94. The molecule has 1 aromatic carbocycles. The highest BCUT2D eigenvalue weighted by Gasteiger charge is 2.20. The number of benzene rings is 1. The molecule has 0 bridgehead atoms. The third kappa shape index (κ3) is 2.09. The number of aliphatic hydroxyl groups is 1. The molecule has 18 heavy (non-hydrogen) atoms. The number of rotatable bonds is 3. The molecule has 0 radical (unpaired) electrons. The molecular formula is C13H14N2O3. The lowest BCUT2D eigenvalue weighted by molar-refractivity contribution is 0.180. The summed E-state index contributed by atoms with van der Waals surface area (Å²) in [6.45, 7) is 2.03. The summed E-state index contributed by atoms with van der Waals surface area (Å²) in [5.74, 6) is 1.83. The number of hydrogen-bond acceptors (Lipinski definition) is 5. The lowest BCUT2D eigenvalue weighted by Crippen LogP contribution is -1.97. The summed E-state index contributed by atoms with van der Waals surface area (Å²) in [6, 6.07) is 5.74. The van der Waals surface area contributed by atoms with E-state index in [-0.39, 0.29) is 12.7 Å². The van der Waals surface area contributed by atoms with Crippen molar-refractivity contribution in [2.75, 3.05) is 0 Å². The van der Waals surface area contributed by atoms with Crippen LogP contribution in [0.25, 0.3) is 0 Å². The normalized spacial score (nSPS) is 17.8. The fraction of sp³-hybridized carbons (Fsp3) is 0.385. The van der Waals surface area contributed by atoms with Gasteiger partial charge in [0.25, 0.3) is 5.89 Å². The van der Waals surface area contributed by atoms with Crippen molar-refractivity contribution >= 4 is 0 Å². The third-order valence-electron chi connectivity index (χ3n) is 3.09. The zero-order valence-corrected chi connectivity index (χ0v) is 10.1. The van der Waals surface area contributed by atoms with Crippen LogP contribution in [0.4, 0.5) is 0 Å². The van der Waals surface area contributed by atoms with E-state index in [2.05, 4.69) is 10.1 Å². The lowest BCUT2D eigenvalue weighted by Gasteiger charge is -2.07. The molecule has 1 heterocycles. The van der Waals surface area contributed by atoms with E-state index in [4.69, 9.17) is 9.26 Å². The van der Waals surface area contributed by atoms with Crippen molar-refractivity contribution in [1.82, 2.24) is 10.1 Å². The number of aromatic nitrogens is 2. The van der Waals surface area contributed by atoms with Crippen LogP contribution in [0.5, 0.6) is 5.75 Å². The Morgan fingerprint density at radius 1 is 1.50 bits per heavy atom. The third-order valence-corrected chi connectivity index (χ3v) is 3.09. The van der Waals surface area contributed by atoms with Crippen molar-refractivity contribution in [1.29, 1.82) is 0 Å². The Morgan fingerprint density at radius 2 is 2.39 bits per heavy atom. The van der Waals surface area contributed by atoms with Crippen LogP contribution < -0.4 is 4.74 Å². The Morgan fingerprint density at radius 3 is 3.17 bits per heavy atom. The predicted octanol–water partition coefficient (Wildman–Crippen LogP) is 1.94. The van der Waals surface area contributed by atoms with Gasteiger partial charge in [-0.3, -0.25) is 0 Å². The molecule has 0 amide bonds. The van der Waals surface area contributed by atoms with Gasteiger partial charge in [0.2, 0.25) is 0 Å². The smallest absolute Gasteiger partial charge is 0.264 e. The largest absolute Gasteiger partial charge is 0.484 e. The van der Waals surface area contributed by atoms with E-state index < -0.39 is 0 Å². The van der Waals surface area contributed by atoms with Crippen molar-refractivity contribution in [2.45, 2.75) is 32.5 Å². The highest BCUT2D eigenvalue weighted by atomic mass is 16.5. The molecule has 2 aromatic rings. The maximum Gasteiger partial charge on any atom is 0.264 e. The van der Waals surface area contributed by atoms with Gasteiger partial charge in [0.05, 0.1) is 6.10 Å². The number of aryl methyl sites for hydroxylation is 2. The first-order valence-corrected chi connectivity index (χ1v) is 5.95. The van der Waals surface area contributed by atoms with Crippen LogP contribution in [-0.4, -0.2) is 15.2 Å². The molecule has 0 saturated carbocycles. The molecule has 5 nitrogen and oxygen atoms in total. The van der Waals surface area contributed by atoms with Crippen LogP contribution in [0.1, 0.15) is 35.4 Å². The number of fused-ring (bicyclic) bond motifs is 1. The van der Waals surface area contributed by atoms with Gasteiger partial charge in [0, 0.05) is 0 Å². The predicted molar refractivity (Wildman–Crippen MR) is 63.1 cm³/mol. The van der Waals surface area contributed by atoms with Crippen molar-refractivity contribution in [2.24, 2.45) is 0 Å². The first-order chi connectivity index (χ1) is 8.72. The highest BCUT2D eigenvalue weighted by molar-refractivity contribution is 5.39. The quantitative estimate of drug-likeness (QED) is 0.896. The molecule has 5 heteroatoms. The highest BCUT2D eigenvalue weighted by Crippen LogP contribution is 2.33. The summed E-state index contributed by atoms with van der Waals surface area (Å²) in [4.78, 5) is 4.07. The van der Waals surface area contributed by atoms with Crippen molar-refractivity contribution in [3.63, 3.8) is 0 Å². The van der Waals surface area contributed by atoms with E-state index in [1.807, 2.05) is 18.2 Å². The summed E-state index contributed by atoms with van der Waals surface area (Å²) in [6.07, 6.45) is 1.36. The van der Waals surface area contributed by atoms with Gasteiger partial charge in [-0.15, -0.1) is 0 Å². The molecule has 0 unspecified atom stereocenters. The molecule has 1 atom stereocenters. The van der Waals surface area contributed by atoms with Gasteiger partial charge in [-0.1, -0.05) is 11.2 Å². The number of hydrogen-bond donors (Lipinski definition) is 1. The van der Waals surface area contributed by atoms with Crippen LogP contribution in [0.3, 0.4) is 0 Å². The van der Waals surface area contributed by atoms with Gasteiger partial charge in [-0.2, -0.15) is 4.98 Å². The second-order valence-electron chi connectivity index (χ2n) is 4.44. The van der Waals surface area contributed by atoms with Gasteiger partial charge >= 0.3 is 0 Å². The van der Waals surface area contributed by atoms with E-state index >= 15 is 0 Å². The van der Waals surface area contributed by atoms with Gasteiger partial charge < -0.3 is 14.4 Å². The standard InChI is InChI=1S/C13H14N2O3/c1-8-14-13(18-15-8)7-17-10-3-4-11-9(6-10)2-5-12(11)16/h3-4,6,12,16H,2,5,7H2,1H3/t12-/m1/s1. The Labute approximate surface area is 104 Å². The van der Waals surface area contributed by atoms with Crippen molar-refractivity contribution in [3.8, 4) is 5.75 Å². The van der Waals surface area contributed by atoms with Crippen LogP contribution in [-0.2, 0) is 13.0 Å². The Balaban J connectivity index is 1.70. The molecule has 0 saturated heterocycles. The minimum absolute atomic E-state index is 0.266. The first kappa shape index (κ1) is 11.2. The van der Waals surface area contributed by atoms with Gasteiger partial charge in [0.15, 0.2) is 12.4 Å². The average molecular weight is 246 g/mol. The van der Waals surface area contributed by atoms with E-state index in [0.29, 0.717) is 11.7 Å². The fourth-order valence-electron chi connectivity index (χ4n) is 2.20. The lowest BCUT2D eigenvalue weighted by atomic mass is 10.1. The number of aliphatic hydroxyl groups excluding tert-OH is 1. The topological polar surface area (TPSA) is 68.4 Å². The Hall–Kier alpha value is -1.88. The summed E-state index contributed by atoms with van der Waals surface area (Å²) in [7, 11) is 0. The fourth-order valence-corrected chi connectivity index (χ4v) is 2.20. The van der Waals surface area contributed by atoms with E-state index in [0.717, 1.165) is 29.7 Å². The second kappa shape index (κ2) is 4.42. The Kier molecular flexibility index (Phi) is 2.76. The van der Waals surface area contributed by atoms with E-state index in [9.17, 15) is 5.11 Å². The van der Waals surface area contributed by atoms with Gasteiger partial charge in [-0.25, -0.2) is 0 Å². The molecule has 0 fully saturated rings. The minimum atomic E-state index is -0.326. The molecular weight excluding hydrogens is 232 g/mol. The molecule has 0 aliphatic heterocycles. The Bertz CT molecular complexity index is 565. The molecule has 1 aliphatic carbocycles. The first-order valence-electron chi connectivity index (χ1n) is 5.95. The van der Waals surface area contributed by atoms with Gasteiger partial charge in [0.1, 0.15) is 5.75 Å². The minimum Gasteiger partial charge on any atom is -0.484 e. The van der Waals surface area contributed by atoms with Gasteiger partial charge in [-0.05, 0) is 43.0 Å². The van der Waals surface area contributed by atoms with Crippen LogP contribution >= 0.6 is 0 Å². The molecule has 1 aromatic heterocycles. The molecule has 1 aliphatic rings. The number of ether oxygens (including phenoxy) is 1. The summed E-state index contributed by atoms with van der Waals surface area (Å²) in [5.41, 5.74) is 2.16. The zero-order chi connectivity index (χ0) is 12.5. The van der Waals surface area contributed by atoms with Crippen molar-refractivity contribution in [3.05, 3.63) is 41.0 Å². The zero-order valence-electron chi connectivity index (χ0n) is 10.1. The van der Waals surface area contributed by atoms with Crippen LogP contribution in [0.15, 0.2) is 22.7 Å². The van der Waals surface area contributed by atoms with E-state index in [1.165, 1.54) is 0 Å². The molecule has 0 spiro atoms. The molecule has 3 rings (SSSR count). The SMILES string of the molecule is Cc1noc(COc2ccc3c(c2)CC[C@H]3O)n1. The maximum absolute atomic E-state index is 9.71. The molecule has 1 N–H and O–H groups in total. The maximum atomic E-state index is 9.71. The second-order valence-corrected chi connectivity index (χ2v) is 4.44. The van der Waals surface area contributed by atoms with E-state index in [1.54, 1.807) is 6.92 Å². The summed E-state index contributed by atoms with van der Waals surface area (Å²) < 4.78 is 10.6. The van der Waals surface area contributed by atoms with Crippen LogP contribution in [0, 0.1) is 6.92 Å².